The lowest BCUT2D eigenvalue weighted by atomic mass is 10.2. The molecule has 3 aromatic rings. The van der Waals surface area contributed by atoms with E-state index in [-0.39, 0.29) is 11.9 Å². The van der Waals surface area contributed by atoms with Gasteiger partial charge >= 0.3 is 0 Å². The van der Waals surface area contributed by atoms with Crippen LogP contribution in [-0.4, -0.2) is 36.5 Å². The molecule has 1 atom stereocenters. The van der Waals surface area contributed by atoms with E-state index in [0.29, 0.717) is 12.2 Å². The van der Waals surface area contributed by atoms with Crippen molar-refractivity contribution in [1.29, 1.82) is 0 Å². The van der Waals surface area contributed by atoms with Gasteiger partial charge in [-0.05, 0) is 25.0 Å². The lowest BCUT2D eigenvalue weighted by Gasteiger charge is -2.12. The average Bonchev–Trinajstić information content (AvgIpc) is 3.25. The number of aryl methyl sites for hydroxylation is 2. The number of aromatic nitrogens is 5. The Morgan fingerprint density at radius 3 is 2.67 bits per heavy atom. The van der Waals surface area contributed by atoms with Gasteiger partial charge in [0.25, 0.3) is 5.91 Å². The van der Waals surface area contributed by atoms with E-state index >= 15 is 0 Å². The molecule has 1 aromatic carbocycles. The number of benzene rings is 1. The molecule has 0 aliphatic carbocycles. The van der Waals surface area contributed by atoms with Crippen LogP contribution >= 0.6 is 0 Å². The SMILES string of the molecule is CC(Cn1cnnc1)NC(=O)c1ccn(CCc2ccccc2)n1. The molecule has 1 unspecified atom stereocenters. The normalized spacial score (nSPS) is 12.0. The summed E-state index contributed by atoms with van der Waals surface area (Å²) in [6, 6.07) is 11.9. The molecule has 7 heteroatoms. The highest BCUT2D eigenvalue weighted by molar-refractivity contribution is 5.92. The maximum absolute atomic E-state index is 12.2. The van der Waals surface area contributed by atoms with Gasteiger partial charge in [0.2, 0.25) is 0 Å². The molecule has 7 nitrogen and oxygen atoms in total. The van der Waals surface area contributed by atoms with Crippen LogP contribution in [0.2, 0.25) is 0 Å². The number of nitrogens with zero attached hydrogens (tertiary/aromatic N) is 5. The van der Waals surface area contributed by atoms with Crippen LogP contribution in [0, 0.1) is 0 Å². The molecule has 1 N–H and O–H groups in total. The van der Waals surface area contributed by atoms with Crippen LogP contribution < -0.4 is 5.32 Å². The fraction of sp³-hybridized carbons (Fsp3) is 0.294. The van der Waals surface area contributed by atoms with Gasteiger partial charge in [-0.2, -0.15) is 5.10 Å². The van der Waals surface area contributed by atoms with Gasteiger partial charge in [0.05, 0.1) is 0 Å². The fourth-order valence-electron chi connectivity index (χ4n) is 2.47. The molecule has 24 heavy (non-hydrogen) atoms. The van der Waals surface area contributed by atoms with Gasteiger partial charge in [-0.3, -0.25) is 9.48 Å². The summed E-state index contributed by atoms with van der Waals surface area (Å²) in [6.45, 7) is 3.30. The van der Waals surface area contributed by atoms with Crippen molar-refractivity contribution in [1.82, 2.24) is 29.9 Å². The monoisotopic (exact) mass is 324 g/mol. The van der Waals surface area contributed by atoms with Crippen LogP contribution in [-0.2, 0) is 19.5 Å². The standard InChI is InChI=1S/C17H20N6O/c1-14(11-22-12-18-19-13-22)20-17(24)16-8-10-23(21-16)9-7-15-5-3-2-4-6-15/h2-6,8,10,12-14H,7,9,11H2,1H3,(H,20,24). The molecule has 124 valence electrons. The van der Waals surface area contributed by atoms with Crippen molar-refractivity contribution >= 4 is 5.91 Å². The zero-order valence-electron chi connectivity index (χ0n) is 13.5. The Hall–Kier alpha value is -2.96. The van der Waals surface area contributed by atoms with Gasteiger partial charge in [0, 0.05) is 25.3 Å². The Kier molecular flexibility index (Phi) is 5.00. The number of amides is 1. The van der Waals surface area contributed by atoms with Crippen LogP contribution in [0.25, 0.3) is 0 Å². The number of hydrogen-bond donors (Lipinski definition) is 1. The van der Waals surface area contributed by atoms with Crippen molar-refractivity contribution < 1.29 is 4.79 Å². The third kappa shape index (κ3) is 4.28. The lowest BCUT2D eigenvalue weighted by molar-refractivity contribution is 0.0930. The summed E-state index contributed by atoms with van der Waals surface area (Å²) in [7, 11) is 0. The molecule has 2 aromatic heterocycles. The predicted molar refractivity (Wildman–Crippen MR) is 89.3 cm³/mol. The van der Waals surface area contributed by atoms with E-state index in [4.69, 9.17) is 0 Å². The first-order valence-electron chi connectivity index (χ1n) is 7.91. The Morgan fingerprint density at radius 2 is 1.92 bits per heavy atom. The lowest BCUT2D eigenvalue weighted by Crippen LogP contribution is -2.35. The molecule has 0 saturated heterocycles. The topological polar surface area (TPSA) is 77.6 Å². The summed E-state index contributed by atoms with van der Waals surface area (Å²) in [4.78, 5) is 12.2. The van der Waals surface area contributed by atoms with E-state index in [9.17, 15) is 4.79 Å². The molecule has 1 amide bonds. The summed E-state index contributed by atoms with van der Waals surface area (Å²) >= 11 is 0. The number of nitrogens with one attached hydrogen (secondary N) is 1. The first-order valence-corrected chi connectivity index (χ1v) is 7.91. The molecule has 0 bridgehead atoms. The summed E-state index contributed by atoms with van der Waals surface area (Å²) in [5.41, 5.74) is 1.68. The molecular formula is C17H20N6O. The minimum atomic E-state index is -0.172. The van der Waals surface area contributed by atoms with Gasteiger partial charge in [-0.15, -0.1) is 10.2 Å². The second-order valence-corrected chi connectivity index (χ2v) is 5.73. The second kappa shape index (κ2) is 7.54. The van der Waals surface area contributed by atoms with Gasteiger partial charge in [0.1, 0.15) is 18.3 Å². The van der Waals surface area contributed by atoms with Crippen molar-refractivity contribution in [3.63, 3.8) is 0 Å². The Morgan fingerprint density at radius 1 is 1.17 bits per heavy atom. The van der Waals surface area contributed by atoms with Crippen molar-refractivity contribution in [2.45, 2.75) is 32.5 Å². The smallest absolute Gasteiger partial charge is 0.272 e. The number of carbonyl (C=O) groups excluding carboxylic acids is 1. The molecule has 0 aliphatic rings. The number of rotatable bonds is 7. The van der Waals surface area contributed by atoms with Gasteiger partial charge in [0.15, 0.2) is 0 Å². The second-order valence-electron chi connectivity index (χ2n) is 5.73. The van der Waals surface area contributed by atoms with Crippen molar-refractivity contribution in [3.05, 3.63) is 66.5 Å². The molecular weight excluding hydrogens is 304 g/mol. The maximum Gasteiger partial charge on any atom is 0.272 e. The van der Waals surface area contributed by atoms with Gasteiger partial charge < -0.3 is 9.88 Å². The van der Waals surface area contributed by atoms with E-state index in [1.807, 2.05) is 35.9 Å². The quantitative estimate of drug-likeness (QED) is 0.715. The first kappa shape index (κ1) is 15.9. The fourth-order valence-corrected chi connectivity index (χ4v) is 2.47. The van der Waals surface area contributed by atoms with Crippen LogP contribution in [0.3, 0.4) is 0 Å². The minimum absolute atomic E-state index is 0.0389. The van der Waals surface area contributed by atoms with Crippen LogP contribution in [0.5, 0.6) is 0 Å². The first-order chi connectivity index (χ1) is 11.7. The van der Waals surface area contributed by atoms with Crippen molar-refractivity contribution in [3.8, 4) is 0 Å². The van der Waals surface area contributed by atoms with Crippen molar-refractivity contribution in [2.24, 2.45) is 0 Å². The third-order valence-corrected chi connectivity index (χ3v) is 3.67. The highest BCUT2D eigenvalue weighted by Crippen LogP contribution is 2.03. The van der Waals surface area contributed by atoms with Crippen LogP contribution in [0.15, 0.2) is 55.2 Å². The minimum Gasteiger partial charge on any atom is -0.346 e. The predicted octanol–water partition coefficient (Wildman–Crippen LogP) is 1.54. The van der Waals surface area contributed by atoms with Crippen LogP contribution in [0.1, 0.15) is 23.0 Å². The number of hydrogen-bond acceptors (Lipinski definition) is 4. The summed E-state index contributed by atoms with van der Waals surface area (Å²) in [5.74, 6) is -0.172. The molecule has 0 aliphatic heterocycles. The molecule has 0 saturated carbocycles. The Balaban J connectivity index is 1.51. The van der Waals surface area contributed by atoms with Crippen LogP contribution in [0.4, 0.5) is 0 Å². The molecule has 3 rings (SSSR count). The number of carbonyl (C=O) groups is 1. The molecule has 2 heterocycles. The summed E-state index contributed by atoms with van der Waals surface area (Å²) in [6.07, 6.45) is 5.97. The Labute approximate surface area is 140 Å². The van der Waals surface area contributed by atoms with E-state index in [1.165, 1.54) is 5.56 Å². The van der Waals surface area contributed by atoms with Gasteiger partial charge in [-0.1, -0.05) is 30.3 Å². The highest BCUT2D eigenvalue weighted by atomic mass is 16.2. The van der Waals surface area contributed by atoms with Gasteiger partial charge in [-0.25, -0.2) is 0 Å². The Bertz CT molecular complexity index is 766. The molecule has 0 radical (unpaired) electrons. The average molecular weight is 324 g/mol. The van der Waals surface area contributed by atoms with E-state index < -0.39 is 0 Å². The summed E-state index contributed by atoms with van der Waals surface area (Å²) in [5, 5.41) is 14.8. The molecule has 0 fully saturated rings. The van der Waals surface area contributed by atoms with Crippen molar-refractivity contribution in [2.75, 3.05) is 0 Å². The zero-order valence-corrected chi connectivity index (χ0v) is 13.5. The third-order valence-electron chi connectivity index (χ3n) is 3.67. The summed E-state index contributed by atoms with van der Waals surface area (Å²) < 4.78 is 3.62. The van der Waals surface area contributed by atoms with E-state index in [1.54, 1.807) is 23.4 Å². The van der Waals surface area contributed by atoms with E-state index in [2.05, 4.69) is 32.7 Å². The molecule has 0 spiro atoms. The van der Waals surface area contributed by atoms with E-state index in [0.717, 1.165) is 13.0 Å². The zero-order chi connectivity index (χ0) is 16.8. The highest BCUT2D eigenvalue weighted by Gasteiger charge is 2.13. The largest absolute Gasteiger partial charge is 0.346 e. The maximum atomic E-state index is 12.2.